The van der Waals surface area contributed by atoms with Crippen LogP contribution >= 0.6 is 0 Å². The minimum atomic E-state index is -0.141. The van der Waals surface area contributed by atoms with Gasteiger partial charge in [-0.25, -0.2) is 0 Å². The standard InChI is InChI=1S/C24H22N2/c1-14(2)15-8-9-16-12-26-23-18-7-5-6-17-11-25-13-20(21(17)18)24(3,4)22(23)19(16)10-15/h5-14H,1-4H3. The van der Waals surface area contributed by atoms with Crippen LogP contribution in [0.1, 0.15) is 50.3 Å². The Morgan fingerprint density at radius 3 is 2.58 bits per heavy atom. The van der Waals surface area contributed by atoms with Crippen LogP contribution in [0.4, 0.5) is 0 Å². The Kier molecular flexibility index (Phi) is 3.06. The summed E-state index contributed by atoms with van der Waals surface area (Å²) < 4.78 is 0. The van der Waals surface area contributed by atoms with E-state index in [1.807, 2.05) is 18.6 Å². The predicted molar refractivity (Wildman–Crippen MR) is 109 cm³/mol. The highest BCUT2D eigenvalue weighted by Gasteiger charge is 2.36. The monoisotopic (exact) mass is 338 g/mol. The number of rotatable bonds is 1. The Balaban J connectivity index is 1.98. The summed E-state index contributed by atoms with van der Waals surface area (Å²) in [5, 5.41) is 5.02. The van der Waals surface area contributed by atoms with Crippen molar-refractivity contribution in [2.24, 2.45) is 0 Å². The topological polar surface area (TPSA) is 25.8 Å². The summed E-state index contributed by atoms with van der Waals surface area (Å²) in [5.41, 5.74) is 6.20. The van der Waals surface area contributed by atoms with E-state index in [2.05, 4.69) is 69.1 Å². The van der Waals surface area contributed by atoms with E-state index in [1.54, 1.807) is 0 Å². The molecule has 1 aliphatic carbocycles. The molecule has 0 bridgehead atoms. The van der Waals surface area contributed by atoms with Gasteiger partial charge in [0, 0.05) is 40.3 Å². The summed E-state index contributed by atoms with van der Waals surface area (Å²) in [5.74, 6) is 0.507. The van der Waals surface area contributed by atoms with Gasteiger partial charge in [-0.3, -0.25) is 9.97 Å². The molecule has 0 amide bonds. The maximum atomic E-state index is 4.92. The van der Waals surface area contributed by atoms with E-state index in [1.165, 1.54) is 43.8 Å². The van der Waals surface area contributed by atoms with Crippen LogP contribution in [0.2, 0.25) is 0 Å². The van der Waals surface area contributed by atoms with Gasteiger partial charge in [0.25, 0.3) is 0 Å². The van der Waals surface area contributed by atoms with Crippen LogP contribution in [-0.4, -0.2) is 9.97 Å². The molecule has 1 aliphatic rings. The molecule has 2 aromatic heterocycles. The van der Waals surface area contributed by atoms with Crippen molar-refractivity contribution >= 4 is 21.5 Å². The zero-order valence-electron chi connectivity index (χ0n) is 15.7. The van der Waals surface area contributed by atoms with Gasteiger partial charge in [-0.1, -0.05) is 64.1 Å². The molecular weight excluding hydrogens is 316 g/mol. The molecule has 2 heterocycles. The quantitative estimate of drug-likeness (QED) is 0.412. The van der Waals surface area contributed by atoms with Crippen molar-refractivity contribution in [2.45, 2.75) is 39.0 Å². The average Bonchev–Trinajstić information content (AvgIpc) is 2.64. The van der Waals surface area contributed by atoms with E-state index in [0.717, 1.165) is 5.69 Å². The zero-order valence-corrected chi connectivity index (χ0v) is 15.7. The number of hydrogen-bond acceptors (Lipinski definition) is 2. The van der Waals surface area contributed by atoms with Crippen LogP contribution in [0.3, 0.4) is 0 Å². The van der Waals surface area contributed by atoms with Crippen molar-refractivity contribution < 1.29 is 0 Å². The van der Waals surface area contributed by atoms with Gasteiger partial charge in [-0.2, -0.15) is 0 Å². The van der Waals surface area contributed by atoms with E-state index < -0.39 is 0 Å². The minimum absolute atomic E-state index is 0.141. The lowest BCUT2D eigenvalue weighted by Gasteiger charge is -2.35. The fourth-order valence-corrected chi connectivity index (χ4v) is 4.47. The lowest BCUT2D eigenvalue weighted by Crippen LogP contribution is -2.25. The molecule has 2 heteroatoms. The number of aromatic nitrogens is 2. The Labute approximate surface area is 153 Å². The van der Waals surface area contributed by atoms with Crippen LogP contribution in [0.25, 0.3) is 32.8 Å². The highest BCUT2D eigenvalue weighted by molar-refractivity contribution is 6.05. The third kappa shape index (κ3) is 1.93. The second-order valence-corrected chi connectivity index (χ2v) is 8.20. The lowest BCUT2D eigenvalue weighted by molar-refractivity contribution is 0.645. The summed E-state index contributed by atoms with van der Waals surface area (Å²) in [6, 6.07) is 13.3. The SMILES string of the molecule is CC(C)c1ccc2cnc3c(c2c1)C(C)(C)c1cncc2cccc-3c12. The Morgan fingerprint density at radius 2 is 1.77 bits per heavy atom. The fraction of sp³-hybridized carbons (Fsp3) is 0.250. The molecular formula is C24H22N2. The third-order valence-corrected chi connectivity index (χ3v) is 5.92. The first-order valence-electron chi connectivity index (χ1n) is 9.29. The van der Waals surface area contributed by atoms with E-state index >= 15 is 0 Å². The van der Waals surface area contributed by atoms with E-state index in [-0.39, 0.29) is 5.41 Å². The molecule has 0 saturated heterocycles. The lowest BCUT2D eigenvalue weighted by atomic mass is 9.69. The van der Waals surface area contributed by atoms with Crippen LogP contribution < -0.4 is 0 Å². The third-order valence-electron chi connectivity index (χ3n) is 5.92. The molecule has 128 valence electrons. The molecule has 2 aromatic carbocycles. The fourth-order valence-electron chi connectivity index (χ4n) is 4.47. The summed E-state index contributed by atoms with van der Waals surface area (Å²) in [6.07, 6.45) is 6.03. The van der Waals surface area contributed by atoms with Gasteiger partial charge in [0.05, 0.1) is 5.69 Å². The summed E-state index contributed by atoms with van der Waals surface area (Å²) in [6.45, 7) is 9.11. The Bertz CT molecular complexity index is 1180. The number of benzene rings is 2. The molecule has 0 N–H and O–H groups in total. The van der Waals surface area contributed by atoms with Crippen LogP contribution in [0, 0.1) is 0 Å². The van der Waals surface area contributed by atoms with Gasteiger partial charge in [0.15, 0.2) is 0 Å². The summed E-state index contributed by atoms with van der Waals surface area (Å²) in [7, 11) is 0. The normalized spacial score (nSPS) is 14.8. The van der Waals surface area contributed by atoms with E-state index in [0.29, 0.717) is 5.92 Å². The van der Waals surface area contributed by atoms with Gasteiger partial charge in [0.1, 0.15) is 0 Å². The number of hydrogen-bond donors (Lipinski definition) is 0. The largest absolute Gasteiger partial charge is 0.264 e. The molecule has 0 fully saturated rings. The minimum Gasteiger partial charge on any atom is -0.264 e. The van der Waals surface area contributed by atoms with Gasteiger partial charge < -0.3 is 0 Å². The maximum absolute atomic E-state index is 4.92. The molecule has 0 aliphatic heterocycles. The van der Waals surface area contributed by atoms with Gasteiger partial charge >= 0.3 is 0 Å². The molecule has 2 nitrogen and oxygen atoms in total. The summed E-state index contributed by atoms with van der Waals surface area (Å²) >= 11 is 0. The van der Waals surface area contributed by atoms with Crippen LogP contribution in [0.15, 0.2) is 55.0 Å². The first kappa shape index (κ1) is 15.5. The molecule has 26 heavy (non-hydrogen) atoms. The molecule has 4 aromatic rings. The van der Waals surface area contributed by atoms with Crippen LogP contribution in [-0.2, 0) is 5.41 Å². The van der Waals surface area contributed by atoms with Gasteiger partial charge in [-0.05, 0) is 33.4 Å². The number of fused-ring (bicyclic) bond motifs is 4. The Hall–Kier alpha value is -2.74. The summed E-state index contributed by atoms with van der Waals surface area (Å²) in [4.78, 5) is 9.45. The highest BCUT2D eigenvalue weighted by Crippen LogP contribution is 2.49. The molecule has 0 spiro atoms. The smallest absolute Gasteiger partial charge is 0.0755 e. The Morgan fingerprint density at radius 1 is 0.923 bits per heavy atom. The molecule has 0 saturated carbocycles. The van der Waals surface area contributed by atoms with Crippen molar-refractivity contribution in [3.8, 4) is 11.3 Å². The van der Waals surface area contributed by atoms with E-state index in [9.17, 15) is 0 Å². The maximum Gasteiger partial charge on any atom is 0.0755 e. The van der Waals surface area contributed by atoms with Crippen molar-refractivity contribution in [1.82, 2.24) is 9.97 Å². The number of nitrogens with zero attached hydrogens (tertiary/aromatic N) is 2. The molecule has 5 rings (SSSR count). The first-order chi connectivity index (χ1) is 12.5. The van der Waals surface area contributed by atoms with Crippen molar-refractivity contribution in [2.75, 3.05) is 0 Å². The predicted octanol–water partition coefficient (Wildman–Crippen LogP) is 6.21. The van der Waals surface area contributed by atoms with Crippen molar-refractivity contribution in [3.05, 3.63) is 71.7 Å². The van der Waals surface area contributed by atoms with Crippen molar-refractivity contribution in [1.29, 1.82) is 0 Å². The van der Waals surface area contributed by atoms with Gasteiger partial charge in [-0.15, -0.1) is 0 Å². The molecule has 0 unspecified atom stereocenters. The first-order valence-corrected chi connectivity index (χ1v) is 9.29. The molecule has 0 atom stereocenters. The van der Waals surface area contributed by atoms with Crippen molar-refractivity contribution in [3.63, 3.8) is 0 Å². The van der Waals surface area contributed by atoms with Crippen LogP contribution in [0.5, 0.6) is 0 Å². The molecule has 0 radical (unpaired) electrons. The average molecular weight is 338 g/mol. The second-order valence-electron chi connectivity index (χ2n) is 8.20. The second kappa shape index (κ2) is 5.14. The number of pyridine rings is 2. The van der Waals surface area contributed by atoms with Gasteiger partial charge in [0.2, 0.25) is 0 Å². The highest BCUT2D eigenvalue weighted by atomic mass is 14.7. The zero-order chi connectivity index (χ0) is 18.1. The van der Waals surface area contributed by atoms with E-state index in [4.69, 9.17) is 4.98 Å².